The molecule has 0 saturated carbocycles. The van der Waals surface area contributed by atoms with Gasteiger partial charge in [0.05, 0.1) is 7.11 Å². The van der Waals surface area contributed by atoms with E-state index < -0.39 is 0 Å². The highest BCUT2D eigenvalue weighted by Crippen LogP contribution is 2.09. The standard InChI is InChI=1S/C18H32O2S/c1-3-4-5-6-7-8-9-10-13-16-21-17-14-11-12-15-18(19)20-2/h4-5,10,13H,3,6-9,11-12,14-17H2,1-2H3/b5-4-,13-10-. The number of ether oxygens (including phenoxy) is 1. The molecule has 0 amide bonds. The summed E-state index contributed by atoms with van der Waals surface area (Å²) >= 11 is 1.98. The summed E-state index contributed by atoms with van der Waals surface area (Å²) in [6.45, 7) is 2.18. The highest BCUT2D eigenvalue weighted by molar-refractivity contribution is 7.99. The fraction of sp³-hybridized carbons (Fsp3) is 0.722. The number of hydrogen-bond acceptors (Lipinski definition) is 3. The van der Waals surface area contributed by atoms with Crippen molar-refractivity contribution in [2.75, 3.05) is 18.6 Å². The van der Waals surface area contributed by atoms with E-state index in [-0.39, 0.29) is 5.97 Å². The second-order valence-corrected chi connectivity index (χ2v) is 6.25. The summed E-state index contributed by atoms with van der Waals surface area (Å²) < 4.78 is 4.61. The van der Waals surface area contributed by atoms with Crippen LogP contribution in [0.25, 0.3) is 0 Å². The number of unbranched alkanes of at least 4 members (excludes halogenated alkanes) is 5. The molecule has 0 saturated heterocycles. The monoisotopic (exact) mass is 312 g/mol. The maximum absolute atomic E-state index is 10.9. The predicted octanol–water partition coefficient (Wildman–Crippen LogP) is 5.54. The molecule has 0 aromatic rings. The van der Waals surface area contributed by atoms with Gasteiger partial charge in [0.15, 0.2) is 0 Å². The van der Waals surface area contributed by atoms with Crippen LogP contribution in [0.15, 0.2) is 24.3 Å². The lowest BCUT2D eigenvalue weighted by molar-refractivity contribution is -0.140. The fourth-order valence-electron chi connectivity index (χ4n) is 1.90. The van der Waals surface area contributed by atoms with Crippen molar-refractivity contribution in [2.45, 2.75) is 64.7 Å². The van der Waals surface area contributed by atoms with Gasteiger partial charge in [0.25, 0.3) is 0 Å². The van der Waals surface area contributed by atoms with Crippen molar-refractivity contribution >= 4 is 17.7 Å². The molecule has 0 aromatic carbocycles. The van der Waals surface area contributed by atoms with E-state index in [1.54, 1.807) is 0 Å². The lowest BCUT2D eigenvalue weighted by Crippen LogP contribution is -1.99. The molecule has 0 fully saturated rings. The van der Waals surface area contributed by atoms with Crippen LogP contribution < -0.4 is 0 Å². The molecule has 0 spiro atoms. The molecule has 0 aliphatic carbocycles. The van der Waals surface area contributed by atoms with Gasteiger partial charge in [-0.15, -0.1) is 0 Å². The van der Waals surface area contributed by atoms with Crippen LogP contribution in [0.2, 0.25) is 0 Å². The number of methoxy groups -OCH3 is 1. The first-order valence-electron chi connectivity index (χ1n) is 8.25. The Balaban J connectivity index is 3.15. The van der Waals surface area contributed by atoms with Crippen LogP contribution in [0.1, 0.15) is 64.7 Å². The molecule has 3 heteroatoms. The summed E-state index contributed by atoms with van der Waals surface area (Å²) in [7, 11) is 1.45. The van der Waals surface area contributed by atoms with Crippen LogP contribution in [0.4, 0.5) is 0 Å². The van der Waals surface area contributed by atoms with E-state index in [2.05, 4.69) is 36.0 Å². The Bertz CT molecular complexity index is 285. The van der Waals surface area contributed by atoms with E-state index in [1.165, 1.54) is 45.0 Å². The highest BCUT2D eigenvalue weighted by atomic mass is 32.2. The van der Waals surface area contributed by atoms with Crippen LogP contribution in [0.3, 0.4) is 0 Å². The molecule has 0 aliphatic heterocycles. The Morgan fingerprint density at radius 3 is 2.33 bits per heavy atom. The quantitative estimate of drug-likeness (QED) is 0.239. The summed E-state index contributed by atoms with van der Waals surface area (Å²) in [6, 6.07) is 0. The molecule has 122 valence electrons. The SMILES string of the molecule is CC/C=C\CCCC/C=C\CSCCCCCC(=O)OC. The molecular formula is C18H32O2S. The van der Waals surface area contributed by atoms with Gasteiger partial charge in [-0.3, -0.25) is 4.79 Å². The van der Waals surface area contributed by atoms with Crippen LogP contribution in [-0.2, 0) is 9.53 Å². The van der Waals surface area contributed by atoms with Gasteiger partial charge < -0.3 is 4.74 Å². The Morgan fingerprint density at radius 1 is 0.952 bits per heavy atom. The Hall–Kier alpha value is -0.700. The summed E-state index contributed by atoms with van der Waals surface area (Å²) in [5.74, 6) is 2.22. The molecule has 0 atom stereocenters. The zero-order valence-corrected chi connectivity index (χ0v) is 14.6. The van der Waals surface area contributed by atoms with Gasteiger partial charge in [-0.1, -0.05) is 37.6 Å². The molecule has 0 heterocycles. The van der Waals surface area contributed by atoms with Gasteiger partial charge in [0, 0.05) is 12.2 Å². The summed E-state index contributed by atoms with van der Waals surface area (Å²) in [6.07, 6.45) is 19.2. The van der Waals surface area contributed by atoms with Gasteiger partial charge >= 0.3 is 5.97 Å². The van der Waals surface area contributed by atoms with Crippen LogP contribution in [0, 0.1) is 0 Å². The van der Waals surface area contributed by atoms with Crippen molar-refractivity contribution in [3.63, 3.8) is 0 Å². The maximum atomic E-state index is 10.9. The molecular weight excluding hydrogens is 280 g/mol. The largest absolute Gasteiger partial charge is 0.469 e. The van der Waals surface area contributed by atoms with Crippen molar-refractivity contribution in [3.05, 3.63) is 24.3 Å². The molecule has 0 aliphatic rings. The minimum atomic E-state index is -0.0872. The van der Waals surface area contributed by atoms with Crippen molar-refractivity contribution in [1.82, 2.24) is 0 Å². The van der Waals surface area contributed by atoms with Crippen LogP contribution in [-0.4, -0.2) is 24.6 Å². The van der Waals surface area contributed by atoms with Crippen molar-refractivity contribution in [3.8, 4) is 0 Å². The second-order valence-electron chi connectivity index (χ2n) is 5.10. The minimum Gasteiger partial charge on any atom is -0.469 e. The Morgan fingerprint density at radius 2 is 1.67 bits per heavy atom. The van der Waals surface area contributed by atoms with Crippen molar-refractivity contribution in [1.29, 1.82) is 0 Å². The third-order valence-electron chi connectivity index (χ3n) is 3.17. The summed E-state index contributed by atoms with van der Waals surface area (Å²) in [5, 5.41) is 0. The van der Waals surface area contributed by atoms with Crippen molar-refractivity contribution < 1.29 is 9.53 Å². The molecule has 0 bridgehead atoms. The topological polar surface area (TPSA) is 26.3 Å². The third kappa shape index (κ3) is 17.2. The number of carbonyl (C=O) groups is 1. The number of thioether (sulfide) groups is 1. The number of allylic oxidation sites excluding steroid dienone is 3. The molecule has 21 heavy (non-hydrogen) atoms. The zero-order chi connectivity index (χ0) is 15.6. The normalized spacial score (nSPS) is 11.5. The van der Waals surface area contributed by atoms with Gasteiger partial charge in [0.1, 0.15) is 0 Å². The van der Waals surface area contributed by atoms with Crippen LogP contribution >= 0.6 is 11.8 Å². The number of carbonyl (C=O) groups excluding carboxylic acids is 1. The molecule has 0 N–H and O–H groups in total. The average molecular weight is 313 g/mol. The van der Waals surface area contributed by atoms with E-state index in [0.29, 0.717) is 6.42 Å². The number of hydrogen-bond donors (Lipinski definition) is 0. The lowest BCUT2D eigenvalue weighted by atomic mass is 10.2. The van der Waals surface area contributed by atoms with Gasteiger partial charge in [0.2, 0.25) is 0 Å². The zero-order valence-electron chi connectivity index (χ0n) is 13.8. The Labute approximate surface area is 135 Å². The first kappa shape index (κ1) is 20.3. The predicted molar refractivity (Wildman–Crippen MR) is 94.8 cm³/mol. The first-order valence-corrected chi connectivity index (χ1v) is 9.41. The molecule has 0 unspecified atom stereocenters. The van der Waals surface area contributed by atoms with E-state index in [0.717, 1.165) is 25.0 Å². The fourth-order valence-corrected chi connectivity index (χ4v) is 2.75. The van der Waals surface area contributed by atoms with E-state index in [4.69, 9.17) is 0 Å². The van der Waals surface area contributed by atoms with Gasteiger partial charge in [-0.25, -0.2) is 0 Å². The number of esters is 1. The minimum absolute atomic E-state index is 0.0872. The van der Waals surface area contributed by atoms with Gasteiger partial charge in [-0.2, -0.15) is 11.8 Å². The molecule has 0 radical (unpaired) electrons. The highest BCUT2D eigenvalue weighted by Gasteiger charge is 1.98. The molecule has 0 aromatic heterocycles. The lowest BCUT2D eigenvalue weighted by Gasteiger charge is -2.00. The third-order valence-corrected chi connectivity index (χ3v) is 4.18. The number of rotatable bonds is 14. The van der Waals surface area contributed by atoms with E-state index >= 15 is 0 Å². The average Bonchev–Trinajstić information content (AvgIpc) is 2.50. The second kappa shape index (κ2) is 17.4. The smallest absolute Gasteiger partial charge is 0.305 e. The molecule has 2 nitrogen and oxygen atoms in total. The first-order chi connectivity index (χ1) is 10.3. The maximum Gasteiger partial charge on any atom is 0.305 e. The molecule has 0 rings (SSSR count). The van der Waals surface area contributed by atoms with E-state index in [1.807, 2.05) is 11.8 Å². The summed E-state index contributed by atoms with van der Waals surface area (Å²) in [4.78, 5) is 10.9. The summed E-state index contributed by atoms with van der Waals surface area (Å²) in [5.41, 5.74) is 0. The van der Waals surface area contributed by atoms with Gasteiger partial charge in [-0.05, 0) is 50.7 Å². The van der Waals surface area contributed by atoms with E-state index in [9.17, 15) is 4.79 Å². The Kier molecular flexibility index (Phi) is 16.8. The van der Waals surface area contributed by atoms with Crippen molar-refractivity contribution in [2.24, 2.45) is 0 Å². The van der Waals surface area contributed by atoms with Crippen LogP contribution in [0.5, 0.6) is 0 Å².